The SMILES string of the molecule is Cc1noc(CCNCC(C)C(N)=NO)n1. The van der Waals surface area contributed by atoms with Crippen molar-refractivity contribution in [3.05, 3.63) is 11.7 Å². The van der Waals surface area contributed by atoms with Gasteiger partial charge in [0.25, 0.3) is 0 Å². The first-order valence-corrected chi connectivity index (χ1v) is 5.10. The molecule has 7 heteroatoms. The molecule has 1 atom stereocenters. The first kappa shape index (κ1) is 12.4. The highest BCUT2D eigenvalue weighted by molar-refractivity contribution is 5.82. The molecule has 0 aromatic carbocycles. The number of rotatable bonds is 6. The Labute approximate surface area is 93.7 Å². The molecule has 7 nitrogen and oxygen atoms in total. The van der Waals surface area contributed by atoms with Crippen LogP contribution in [0.3, 0.4) is 0 Å². The molecule has 1 unspecified atom stereocenters. The Balaban J connectivity index is 2.17. The molecule has 1 heterocycles. The molecular weight excluding hydrogens is 210 g/mol. The molecule has 0 amide bonds. The summed E-state index contributed by atoms with van der Waals surface area (Å²) < 4.78 is 4.95. The van der Waals surface area contributed by atoms with Gasteiger partial charge in [-0.05, 0) is 6.92 Å². The monoisotopic (exact) mass is 227 g/mol. The van der Waals surface area contributed by atoms with Crippen molar-refractivity contribution in [2.75, 3.05) is 13.1 Å². The zero-order valence-electron chi connectivity index (χ0n) is 9.47. The number of hydrogen-bond acceptors (Lipinski definition) is 6. The summed E-state index contributed by atoms with van der Waals surface area (Å²) >= 11 is 0. The fourth-order valence-electron chi connectivity index (χ4n) is 1.16. The normalized spacial score (nSPS) is 14.0. The van der Waals surface area contributed by atoms with Crippen LogP contribution in [-0.2, 0) is 6.42 Å². The van der Waals surface area contributed by atoms with Crippen molar-refractivity contribution in [1.82, 2.24) is 15.5 Å². The topological polar surface area (TPSA) is 110 Å². The number of aryl methyl sites for hydroxylation is 1. The van der Waals surface area contributed by atoms with Crippen molar-refractivity contribution >= 4 is 5.84 Å². The average Bonchev–Trinajstić information content (AvgIpc) is 2.69. The van der Waals surface area contributed by atoms with E-state index < -0.39 is 0 Å². The van der Waals surface area contributed by atoms with Crippen molar-refractivity contribution in [2.45, 2.75) is 20.3 Å². The molecule has 0 aliphatic carbocycles. The number of hydrogen-bond donors (Lipinski definition) is 3. The van der Waals surface area contributed by atoms with Crippen LogP contribution in [0, 0.1) is 12.8 Å². The third-order valence-electron chi connectivity index (χ3n) is 2.16. The van der Waals surface area contributed by atoms with Gasteiger partial charge in [0.1, 0.15) is 5.84 Å². The summed E-state index contributed by atoms with van der Waals surface area (Å²) in [6.07, 6.45) is 0.670. The van der Waals surface area contributed by atoms with Crippen molar-refractivity contribution in [1.29, 1.82) is 0 Å². The molecule has 16 heavy (non-hydrogen) atoms. The minimum Gasteiger partial charge on any atom is -0.409 e. The highest BCUT2D eigenvalue weighted by Crippen LogP contribution is 1.96. The molecule has 1 aromatic rings. The third-order valence-corrected chi connectivity index (χ3v) is 2.16. The molecule has 0 saturated heterocycles. The lowest BCUT2D eigenvalue weighted by molar-refractivity contribution is 0.314. The summed E-state index contributed by atoms with van der Waals surface area (Å²) in [6.45, 7) is 5.01. The zero-order valence-corrected chi connectivity index (χ0v) is 9.47. The van der Waals surface area contributed by atoms with Crippen LogP contribution in [0.5, 0.6) is 0 Å². The minimum absolute atomic E-state index is 0.00517. The predicted molar refractivity (Wildman–Crippen MR) is 58.2 cm³/mol. The standard InChI is InChI=1S/C9H17N5O2/c1-6(9(10)13-15)5-11-4-3-8-12-7(2)14-16-8/h6,11,15H,3-5H2,1-2H3,(H2,10,13). The van der Waals surface area contributed by atoms with Crippen LogP contribution >= 0.6 is 0 Å². The van der Waals surface area contributed by atoms with E-state index in [0.29, 0.717) is 31.2 Å². The summed E-state index contributed by atoms with van der Waals surface area (Å²) in [5, 5.41) is 18.2. The summed E-state index contributed by atoms with van der Waals surface area (Å²) in [7, 11) is 0. The molecule has 0 radical (unpaired) electrons. The van der Waals surface area contributed by atoms with Crippen molar-refractivity contribution in [3.8, 4) is 0 Å². The maximum absolute atomic E-state index is 8.44. The van der Waals surface area contributed by atoms with Crippen LogP contribution in [0.4, 0.5) is 0 Å². The van der Waals surface area contributed by atoms with E-state index in [9.17, 15) is 0 Å². The van der Waals surface area contributed by atoms with Crippen LogP contribution in [0.25, 0.3) is 0 Å². The molecular formula is C9H17N5O2. The van der Waals surface area contributed by atoms with E-state index >= 15 is 0 Å². The first-order valence-electron chi connectivity index (χ1n) is 5.10. The lowest BCUT2D eigenvalue weighted by Gasteiger charge is -2.09. The van der Waals surface area contributed by atoms with Crippen LogP contribution < -0.4 is 11.1 Å². The number of aromatic nitrogens is 2. The molecule has 0 spiro atoms. The smallest absolute Gasteiger partial charge is 0.227 e. The quantitative estimate of drug-likeness (QED) is 0.206. The predicted octanol–water partition coefficient (Wildman–Crippen LogP) is -0.107. The number of nitrogens with two attached hydrogens (primary N) is 1. The largest absolute Gasteiger partial charge is 0.409 e. The fraction of sp³-hybridized carbons (Fsp3) is 0.667. The van der Waals surface area contributed by atoms with Gasteiger partial charge in [-0.1, -0.05) is 17.2 Å². The summed E-state index contributed by atoms with van der Waals surface area (Å²) in [5.41, 5.74) is 5.43. The van der Waals surface area contributed by atoms with Gasteiger partial charge in [-0.3, -0.25) is 0 Å². The van der Waals surface area contributed by atoms with Crippen molar-refractivity contribution in [3.63, 3.8) is 0 Å². The lowest BCUT2D eigenvalue weighted by Crippen LogP contribution is -2.32. The van der Waals surface area contributed by atoms with Crippen LogP contribution in [0.1, 0.15) is 18.6 Å². The molecule has 4 N–H and O–H groups in total. The van der Waals surface area contributed by atoms with Crippen LogP contribution in [-0.4, -0.2) is 34.3 Å². The number of amidine groups is 1. The van der Waals surface area contributed by atoms with E-state index in [4.69, 9.17) is 15.5 Å². The molecule has 1 rings (SSSR count). The van der Waals surface area contributed by atoms with Gasteiger partial charge in [0.05, 0.1) is 0 Å². The van der Waals surface area contributed by atoms with Gasteiger partial charge in [-0.2, -0.15) is 4.98 Å². The average molecular weight is 227 g/mol. The fourth-order valence-corrected chi connectivity index (χ4v) is 1.16. The van der Waals surface area contributed by atoms with Gasteiger partial charge in [0.2, 0.25) is 5.89 Å². The maximum Gasteiger partial charge on any atom is 0.227 e. The Morgan fingerprint density at radius 3 is 3.00 bits per heavy atom. The lowest BCUT2D eigenvalue weighted by atomic mass is 10.1. The molecule has 90 valence electrons. The van der Waals surface area contributed by atoms with Gasteiger partial charge in [0.15, 0.2) is 5.82 Å². The number of oxime groups is 1. The highest BCUT2D eigenvalue weighted by Gasteiger charge is 2.07. The molecule has 0 bridgehead atoms. The van der Waals surface area contributed by atoms with E-state index in [1.807, 2.05) is 6.92 Å². The second-order valence-corrected chi connectivity index (χ2v) is 3.62. The van der Waals surface area contributed by atoms with Crippen molar-refractivity contribution in [2.24, 2.45) is 16.8 Å². The Kier molecular flexibility index (Phi) is 4.71. The molecule has 1 aromatic heterocycles. The van der Waals surface area contributed by atoms with Gasteiger partial charge in [-0.25, -0.2) is 0 Å². The Morgan fingerprint density at radius 1 is 1.69 bits per heavy atom. The first-order chi connectivity index (χ1) is 7.63. The van der Waals surface area contributed by atoms with Crippen molar-refractivity contribution < 1.29 is 9.73 Å². The van der Waals surface area contributed by atoms with E-state index in [-0.39, 0.29) is 11.8 Å². The third kappa shape index (κ3) is 3.85. The molecule has 0 aliphatic rings. The zero-order chi connectivity index (χ0) is 12.0. The Bertz CT molecular complexity index is 349. The van der Waals surface area contributed by atoms with E-state index in [1.54, 1.807) is 6.92 Å². The van der Waals surface area contributed by atoms with Crippen LogP contribution in [0.15, 0.2) is 9.68 Å². The molecule has 0 fully saturated rings. The van der Waals surface area contributed by atoms with E-state index in [2.05, 4.69) is 20.6 Å². The van der Waals surface area contributed by atoms with Gasteiger partial charge >= 0.3 is 0 Å². The Hall–Kier alpha value is -1.63. The Morgan fingerprint density at radius 2 is 2.44 bits per heavy atom. The summed E-state index contributed by atoms with van der Waals surface area (Å²) in [5.74, 6) is 1.47. The van der Waals surface area contributed by atoms with Gasteiger partial charge in [0, 0.05) is 25.4 Å². The second kappa shape index (κ2) is 6.06. The molecule has 0 saturated carbocycles. The van der Waals surface area contributed by atoms with E-state index in [1.165, 1.54) is 0 Å². The number of nitrogens with one attached hydrogen (secondary N) is 1. The second-order valence-electron chi connectivity index (χ2n) is 3.62. The van der Waals surface area contributed by atoms with Gasteiger partial charge < -0.3 is 20.8 Å². The van der Waals surface area contributed by atoms with E-state index in [0.717, 1.165) is 0 Å². The summed E-state index contributed by atoms with van der Waals surface area (Å²) in [6, 6.07) is 0. The maximum atomic E-state index is 8.44. The minimum atomic E-state index is -0.00517. The summed E-state index contributed by atoms with van der Waals surface area (Å²) in [4.78, 5) is 4.07. The van der Waals surface area contributed by atoms with Crippen LogP contribution in [0.2, 0.25) is 0 Å². The number of nitrogens with zero attached hydrogens (tertiary/aromatic N) is 3. The molecule has 0 aliphatic heterocycles. The highest BCUT2D eigenvalue weighted by atomic mass is 16.5. The van der Waals surface area contributed by atoms with Gasteiger partial charge in [-0.15, -0.1) is 0 Å².